The first-order valence-electron chi connectivity index (χ1n) is 8.91. The summed E-state index contributed by atoms with van der Waals surface area (Å²) in [6, 6.07) is 6.31. The maximum absolute atomic E-state index is 12.9. The number of hydrogen-bond donors (Lipinski definition) is 2. The van der Waals surface area contributed by atoms with Crippen LogP contribution in [0.4, 0.5) is 10.1 Å². The lowest BCUT2D eigenvalue weighted by Gasteiger charge is -2.57. The maximum atomic E-state index is 12.9. The van der Waals surface area contributed by atoms with Gasteiger partial charge in [0.2, 0.25) is 0 Å². The molecule has 0 saturated heterocycles. The molecule has 5 rings (SSSR count). The minimum atomic E-state index is -0.226. The topological polar surface area (TPSA) is 24.1 Å². The molecule has 0 amide bonds. The van der Waals surface area contributed by atoms with Gasteiger partial charge in [0.1, 0.15) is 5.82 Å². The Morgan fingerprint density at radius 1 is 1.04 bits per heavy atom. The summed E-state index contributed by atoms with van der Waals surface area (Å²) in [6.45, 7) is 0.944. The minimum Gasteiger partial charge on any atom is -0.362 e. The first kappa shape index (κ1) is 15.4. The zero-order chi connectivity index (χ0) is 15.9. The number of thiocarbonyl (C=S) groups is 1. The van der Waals surface area contributed by atoms with Crippen LogP contribution in [-0.2, 0) is 0 Å². The molecular weight excluding hydrogens is 307 g/mol. The molecule has 4 heteroatoms. The van der Waals surface area contributed by atoms with Crippen LogP contribution in [0.5, 0.6) is 0 Å². The van der Waals surface area contributed by atoms with Crippen molar-refractivity contribution in [1.82, 2.24) is 5.32 Å². The summed E-state index contributed by atoms with van der Waals surface area (Å²) in [5, 5.41) is 7.12. The molecule has 4 aliphatic rings. The van der Waals surface area contributed by atoms with Gasteiger partial charge in [0, 0.05) is 12.2 Å². The fourth-order valence-electron chi connectivity index (χ4n) is 5.75. The van der Waals surface area contributed by atoms with Gasteiger partial charge >= 0.3 is 0 Å². The lowest BCUT2D eigenvalue weighted by atomic mass is 9.49. The van der Waals surface area contributed by atoms with Crippen LogP contribution in [0.25, 0.3) is 0 Å². The minimum absolute atomic E-state index is 0.226. The Morgan fingerprint density at radius 2 is 1.61 bits per heavy atom. The molecule has 0 radical (unpaired) electrons. The fourth-order valence-corrected chi connectivity index (χ4v) is 5.97. The Bertz CT molecular complexity index is 548. The SMILES string of the molecule is Fc1ccc(NC(=S)NCCC23CC4CC(CC(C4)C2)C3)cc1. The molecule has 0 atom stereocenters. The van der Waals surface area contributed by atoms with Gasteiger partial charge in [-0.1, -0.05) is 0 Å². The van der Waals surface area contributed by atoms with E-state index in [2.05, 4.69) is 10.6 Å². The van der Waals surface area contributed by atoms with E-state index in [1.807, 2.05) is 0 Å². The van der Waals surface area contributed by atoms with Gasteiger partial charge in [-0.05, 0) is 105 Å². The number of benzene rings is 1. The highest BCUT2D eigenvalue weighted by Gasteiger charge is 2.50. The lowest BCUT2D eigenvalue weighted by Crippen LogP contribution is -2.47. The highest BCUT2D eigenvalue weighted by atomic mass is 32.1. The van der Waals surface area contributed by atoms with Crippen molar-refractivity contribution in [2.24, 2.45) is 23.2 Å². The molecule has 0 aliphatic heterocycles. The molecule has 23 heavy (non-hydrogen) atoms. The number of halogens is 1. The van der Waals surface area contributed by atoms with E-state index in [0.717, 1.165) is 30.0 Å². The van der Waals surface area contributed by atoms with Gasteiger partial charge in [-0.25, -0.2) is 4.39 Å². The average molecular weight is 332 g/mol. The van der Waals surface area contributed by atoms with Crippen LogP contribution in [0.3, 0.4) is 0 Å². The highest BCUT2D eigenvalue weighted by molar-refractivity contribution is 7.80. The first-order chi connectivity index (χ1) is 11.1. The molecule has 4 aliphatic carbocycles. The Hall–Kier alpha value is -1.16. The molecule has 0 aromatic heterocycles. The number of hydrogen-bond acceptors (Lipinski definition) is 1. The molecule has 0 heterocycles. The molecule has 4 fully saturated rings. The number of rotatable bonds is 4. The third-order valence-electron chi connectivity index (χ3n) is 6.21. The normalized spacial score (nSPS) is 34.4. The van der Waals surface area contributed by atoms with Crippen LogP contribution in [-0.4, -0.2) is 11.7 Å². The van der Waals surface area contributed by atoms with Crippen LogP contribution < -0.4 is 10.6 Å². The van der Waals surface area contributed by atoms with E-state index in [1.165, 1.54) is 57.1 Å². The van der Waals surface area contributed by atoms with Crippen LogP contribution in [0.15, 0.2) is 24.3 Å². The highest BCUT2D eigenvalue weighted by Crippen LogP contribution is 2.61. The van der Waals surface area contributed by atoms with E-state index in [-0.39, 0.29) is 5.82 Å². The summed E-state index contributed by atoms with van der Waals surface area (Å²) in [7, 11) is 0. The fraction of sp³-hybridized carbons (Fsp3) is 0.632. The van der Waals surface area contributed by atoms with E-state index >= 15 is 0 Å². The lowest BCUT2D eigenvalue weighted by molar-refractivity contribution is -0.0562. The van der Waals surface area contributed by atoms with Crippen LogP contribution in [0.2, 0.25) is 0 Å². The molecule has 1 aromatic rings. The van der Waals surface area contributed by atoms with E-state index < -0.39 is 0 Å². The molecule has 4 bridgehead atoms. The summed E-state index contributed by atoms with van der Waals surface area (Å²) in [6.07, 6.45) is 10.1. The standard InChI is InChI=1S/C19H25FN2S/c20-16-1-3-17(4-2-16)22-18(23)21-6-5-19-10-13-7-14(11-19)9-15(8-13)12-19/h1-4,13-15H,5-12H2,(H2,21,22,23). The second-order valence-electron chi connectivity index (χ2n) is 8.06. The quantitative estimate of drug-likeness (QED) is 0.780. The summed E-state index contributed by atoms with van der Waals surface area (Å²) >= 11 is 5.36. The second-order valence-corrected chi connectivity index (χ2v) is 8.46. The van der Waals surface area contributed by atoms with E-state index in [4.69, 9.17) is 12.2 Å². The number of anilines is 1. The molecule has 124 valence electrons. The third kappa shape index (κ3) is 3.37. The number of nitrogens with one attached hydrogen (secondary N) is 2. The van der Waals surface area contributed by atoms with Gasteiger partial charge in [-0.2, -0.15) is 0 Å². The van der Waals surface area contributed by atoms with Gasteiger partial charge in [0.15, 0.2) is 5.11 Å². The van der Waals surface area contributed by atoms with Crippen molar-refractivity contribution in [3.05, 3.63) is 30.1 Å². The molecule has 1 aromatic carbocycles. The van der Waals surface area contributed by atoms with Gasteiger partial charge in [0.05, 0.1) is 0 Å². The van der Waals surface area contributed by atoms with Crippen molar-refractivity contribution in [3.63, 3.8) is 0 Å². The summed E-state index contributed by atoms with van der Waals surface area (Å²) in [4.78, 5) is 0. The monoisotopic (exact) mass is 332 g/mol. The van der Waals surface area contributed by atoms with Crippen LogP contribution in [0, 0.1) is 29.0 Å². The predicted octanol–water partition coefficient (Wildman–Crippen LogP) is 4.72. The molecule has 0 spiro atoms. The summed E-state index contributed by atoms with van der Waals surface area (Å²) in [5.41, 5.74) is 1.42. The molecule has 4 saturated carbocycles. The van der Waals surface area contributed by atoms with Crippen LogP contribution in [0.1, 0.15) is 44.9 Å². The van der Waals surface area contributed by atoms with Gasteiger partial charge in [0.25, 0.3) is 0 Å². The summed E-state index contributed by atoms with van der Waals surface area (Å²) < 4.78 is 12.9. The maximum Gasteiger partial charge on any atom is 0.170 e. The Labute approximate surface area is 143 Å². The second kappa shape index (κ2) is 6.04. The van der Waals surface area contributed by atoms with E-state index in [0.29, 0.717) is 10.5 Å². The van der Waals surface area contributed by atoms with E-state index in [1.54, 1.807) is 12.1 Å². The zero-order valence-electron chi connectivity index (χ0n) is 13.5. The van der Waals surface area contributed by atoms with Crippen molar-refractivity contribution in [2.45, 2.75) is 44.9 Å². The van der Waals surface area contributed by atoms with Gasteiger partial charge in [-0.15, -0.1) is 0 Å². The van der Waals surface area contributed by atoms with Crippen molar-refractivity contribution in [2.75, 3.05) is 11.9 Å². The van der Waals surface area contributed by atoms with Gasteiger partial charge in [-0.3, -0.25) is 0 Å². The molecule has 2 N–H and O–H groups in total. The van der Waals surface area contributed by atoms with Crippen molar-refractivity contribution >= 4 is 23.0 Å². The summed E-state index contributed by atoms with van der Waals surface area (Å²) in [5.74, 6) is 2.79. The predicted molar refractivity (Wildman–Crippen MR) is 95.8 cm³/mol. The Kier molecular flexibility index (Phi) is 4.04. The smallest absolute Gasteiger partial charge is 0.170 e. The average Bonchev–Trinajstić information content (AvgIpc) is 2.48. The van der Waals surface area contributed by atoms with Crippen molar-refractivity contribution < 1.29 is 4.39 Å². The van der Waals surface area contributed by atoms with Crippen molar-refractivity contribution in [1.29, 1.82) is 0 Å². The van der Waals surface area contributed by atoms with Gasteiger partial charge < -0.3 is 10.6 Å². The largest absolute Gasteiger partial charge is 0.362 e. The Morgan fingerprint density at radius 3 is 2.17 bits per heavy atom. The molecule has 2 nitrogen and oxygen atoms in total. The molecule has 0 unspecified atom stereocenters. The van der Waals surface area contributed by atoms with Crippen LogP contribution >= 0.6 is 12.2 Å². The van der Waals surface area contributed by atoms with Crippen molar-refractivity contribution in [3.8, 4) is 0 Å². The molecular formula is C19H25FN2S. The van der Waals surface area contributed by atoms with E-state index in [9.17, 15) is 4.39 Å². The third-order valence-corrected chi connectivity index (χ3v) is 6.45. The Balaban J connectivity index is 1.27. The zero-order valence-corrected chi connectivity index (χ0v) is 14.3. The first-order valence-corrected chi connectivity index (χ1v) is 9.31.